The fourth-order valence-electron chi connectivity index (χ4n) is 2.54. The Morgan fingerprint density at radius 2 is 2.04 bits per heavy atom. The molecule has 0 bridgehead atoms. The van der Waals surface area contributed by atoms with E-state index in [0.717, 1.165) is 16.1 Å². The molecule has 0 fully saturated rings. The smallest absolute Gasteiger partial charge is 0.261 e. The number of aromatic nitrogens is 3. The topological polar surface area (TPSA) is 59.8 Å². The largest absolute Gasteiger partial charge is 0.298 e. The molecular formula is C17H17ClN4OS. The number of benzene rings is 1. The van der Waals surface area contributed by atoms with E-state index in [9.17, 15) is 4.79 Å². The van der Waals surface area contributed by atoms with Crippen LogP contribution in [0.3, 0.4) is 0 Å². The van der Waals surface area contributed by atoms with Gasteiger partial charge in [-0.3, -0.25) is 14.8 Å². The van der Waals surface area contributed by atoms with Crippen LogP contribution in [0.5, 0.6) is 0 Å². The lowest BCUT2D eigenvalue weighted by Gasteiger charge is -2.07. The molecule has 1 aromatic carbocycles. The maximum atomic E-state index is 12.6. The Morgan fingerprint density at radius 1 is 1.29 bits per heavy atom. The van der Waals surface area contributed by atoms with Crippen molar-refractivity contribution in [2.75, 3.05) is 5.32 Å². The number of aryl methyl sites for hydroxylation is 2. The van der Waals surface area contributed by atoms with Crippen molar-refractivity contribution in [3.05, 3.63) is 62.9 Å². The van der Waals surface area contributed by atoms with E-state index in [1.54, 1.807) is 10.9 Å². The molecule has 2 aromatic heterocycles. The number of nitrogens with zero attached hydrogens (tertiary/aromatic N) is 3. The third-order valence-electron chi connectivity index (χ3n) is 3.73. The maximum Gasteiger partial charge on any atom is 0.261 e. The zero-order chi connectivity index (χ0) is 17.3. The summed E-state index contributed by atoms with van der Waals surface area (Å²) in [5.41, 5.74) is 3.03. The molecule has 0 saturated carbocycles. The number of anilines is 1. The standard InChI is InChI=1S/C17H17ClN4OS/c1-10-8-19-17(24-10)20-16(23)15-11(2)21-22(12(15)3)9-13-6-4-5-7-14(13)18/h4-8H,9H2,1-3H3,(H,19,20,23). The first-order valence-corrected chi connectivity index (χ1v) is 8.66. The average molecular weight is 361 g/mol. The SMILES string of the molecule is Cc1cnc(NC(=O)c2c(C)nn(Cc3ccccc3Cl)c2C)s1. The molecule has 2 heterocycles. The van der Waals surface area contributed by atoms with Gasteiger partial charge in [-0.1, -0.05) is 29.8 Å². The lowest BCUT2D eigenvalue weighted by Crippen LogP contribution is -2.14. The molecule has 3 aromatic rings. The predicted octanol–water partition coefficient (Wildman–Crippen LogP) is 4.22. The van der Waals surface area contributed by atoms with Gasteiger partial charge in [0, 0.05) is 21.8 Å². The van der Waals surface area contributed by atoms with Gasteiger partial charge in [-0.15, -0.1) is 11.3 Å². The highest BCUT2D eigenvalue weighted by atomic mass is 35.5. The van der Waals surface area contributed by atoms with Crippen molar-refractivity contribution in [3.8, 4) is 0 Å². The van der Waals surface area contributed by atoms with Crippen molar-refractivity contribution in [1.82, 2.24) is 14.8 Å². The van der Waals surface area contributed by atoms with Crippen LogP contribution < -0.4 is 5.32 Å². The highest BCUT2D eigenvalue weighted by Gasteiger charge is 2.20. The van der Waals surface area contributed by atoms with Crippen LogP contribution in [0.1, 0.15) is 32.2 Å². The van der Waals surface area contributed by atoms with Gasteiger partial charge in [-0.2, -0.15) is 5.10 Å². The van der Waals surface area contributed by atoms with Crippen molar-refractivity contribution in [2.24, 2.45) is 0 Å². The molecule has 0 aliphatic carbocycles. The van der Waals surface area contributed by atoms with Gasteiger partial charge in [0.05, 0.1) is 17.8 Å². The Bertz CT molecular complexity index is 900. The normalized spacial score (nSPS) is 10.8. The Morgan fingerprint density at radius 3 is 2.71 bits per heavy atom. The van der Waals surface area contributed by atoms with Crippen molar-refractivity contribution >= 4 is 34.0 Å². The number of rotatable bonds is 4. The number of hydrogen-bond donors (Lipinski definition) is 1. The molecule has 0 aliphatic rings. The Balaban J connectivity index is 1.86. The molecule has 0 spiro atoms. The van der Waals surface area contributed by atoms with Crippen molar-refractivity contribution in [1.29, 1.82) is 0 Å². The van der Waals surface area contributed by atoms with Gasteiger partial charge in [-0.05, 0) is 32.4 Å². The predicted molar refractivity (Wildman–Crippen MR) is 97.1 cm³/mol. The highest BCUT2D eigenvalue weighted by Crippen LogP contribution is 2.22. The molecular weight excluding hydrogens is 344 g/mol. The molecule has 5 nitrogen and oxygen atoms in total. The van der Waals surface area contributed by atoms with E-state index in [1.807, 2.05) is 45.0 Å². The van der Waals surface area contributed by atoms with Crippen molar-refractivity contribution in [3.63, 3.8) is 0 Å². The van der Waals surface area contributed by atoms with Gasteiger partial charge in [0.25, 0.3) is 5.91 Å². The molecule has 7 heteroatoms. The van der Waals surface area contributed by atoms with Gasteiger partial charge in [0.15, 0.2) is 5.13 Å². The average Bonchev–Trinajstić information content (AvgIpc) is 3.05. The molecule has 124 valence electrons. The number of carbonyl (C=O) groups excluding carboxylic acids is 1. The van der Waals surface area contributed by atoms with E-state index in [4.69, 9.17) is 11.6 Å². The monoisotopic (exact) mass is 360 g/mol. The molecule has 0 unspecified atom stereocenters. The molecule has 1 amide bonds. The summed E-state index contributed by atoms with van der Waals surface area (Å²) in [6, 6.07) is 7.63. The second-order valence-electron chi connectivity index (χ2n) is 5.53. The van der Waals surface area contributed by atoms with E-state index < -0.39 is 0 Å². The first kappa shape index (κ1) is 16.7. The van der Waals surface area contributed by atoms with Crippen molar-refractivity contribution in [2.45, 2.75) is 27.3 Å². The summed E-state index contributed by atoms with van der Waals surface area (Å²) in [5.74, 6) is -0.190. The van der Waals surface area contributed by atoms with Gasteiger partial charge in [-0.25, -0.2) is 4.98 Å². The number of hydrogen-bond acceptors (Lipinski definition) is 4. The molecule has 24 heavy (non-hydrogen) atoms. The zero-order valence-corrected chi connectivity index (χ0v) is 15.2. The fraction of sp³-hybridized carbons (Fsp3) is 0.235. The molecule has 1 N–H and O–H groups in total. The van der Waals surface area contributed by atoms with E-state index in [2.05, 4.69) is 15.4 Å². The number of carbonyl (C=O) groups is 1. The van der Waals surface area contributed by atoms with Gasteiger partial charge >= 0.3 is 0 Å². The van der Waals surface area contributed by atoms with Crippen LogP contribution in [0.4, 0.5) is 5.13 Å². The summed E-state index contributed by atoms with van der Waals surface area (Å²) in [6.07, 6.45) is 1.74. The first-order chi connectivity index (χ1) is 11.5. The fourth-order valence-corrected chi connectivity index (χ4v) is 3.39. The summed E-state index contributed by atoms with van der Waals surface area (Å²) in [7, 11) is 0. The molecule has 0 saturated heterocycles. The minimum atomic E-state index is -0.190. The molecule has 0 radical (unpaired) electrons. The second-order valence-corrected chi connectivity index (χ2v) is 7.17. The number of amides is 1. The van der Waals surface area contributed by atoms with E-state index in [1.165, 1.54) is 11.3 Å². The van der Waals surface area contributed by atoms with E-state index in [0.29, 0.717) is 28.0 Å². The summed E-state index contributed by atoms with van der Waals surface area (Å²) in [4.78, 5) is 17.8. The van der Waals surface area contributed by atoms with Crippen LogP contribution in [0.15, 0.2) is 30.5 Å². The van der Waals surface area contributed by atoms with Crippen LogP contribution in [0, 0.1) is 20.8 Å². The third kappa shape index (κ3) is 3.34. The highest BCUT2D eigenvalue weighted by molar-refractivity contribution is 7.15. The van der Waals surface area contributed by atoms with E-state index in [-0.39, 0.29) is 5.91 Å². The third-order valence-corrected chi connectivity index (χ3v) is 4.93. The van der Waals surface area contributed by atoms with Crippen LogP contribution >= 0.6 is 22.9 Å². The van der Waals surface area contributed by atoms with E-state index >= 15 is 0 Å². The zero-order valence-electron chi connectivity index (χ0n) is 13.6. The lowest BCUT2D eigenvalue weighted by molar-refractivity contribution is 0.102. The molecule has 0 aliphatic heterocycles. The quantitative estimate of drug-likeness (QED) is 0.757. The summed E-state index contributed by atoms with van der Waals surface area (Å²) in [5, 5.41) is 8.61. The minimum absolute atomic E-state index is 0.190. The van der Waals surface area contributed by atoms with Crippen LogP contribution in [0.25, 0.3) is 0 Å². The Labute approximate surface area is 149 Å². The van der Waals surface area contributed by atoms with Crippen molar-refractivity contribution < 1.29 is 4.79 Å². The summed E-state index contributed by atoms with van der Waals surface area (Å²) in [6.45, 7) is 6.19. The van der Waals surface area contributed by atoms with Crippen LogP contribution in [-0.4, -0.2) is 20.7 Å². The molecule has 3 rings (SSSR count). The minimum Gasteiger partial charge on any atom is -0.298 e. The number of nitrogens with one attached hydrogen (secondary N) is 1. The van der Waals surface area contributed by atoms with Crippen LogP contribution in [0.2, 0.25) is 5.02 Å². The Kier molecular flexibility index (Phi) is 4.69. The van der Waals surface area contributed by atoms with Gasteiger partial charge < -0.3 is 0 Å². The van der Waals surface area contributed by atoms with Gasteiger partial charge in [0.1, 0.15) is 0 Å². The first-order valence-electron chi connectivity index (χ1n) is 7.47. The molecule has 0 atom stereocenters. The second kappa shape index (κ2) is 6.75. The summed E-state index contributed by atoms with van der Waals surface area (Å²) < 4.78 is 1.80. The summed E-state index contributed by atoms with van der Waals surface area (Å²) >= 11 is 7.66. The van der Waals surface area contributed by atoms with Crippen LogP contribution in [-0.2, 0) is 6.54 Å². The maximum absolute atomic E-state index is 12.6. The van der Waals surface area contributed by atoms with Gasteiger partial charge in [0.2, 0.25) is 0 Å². The number of halogens is 1. The number of thiazole rings is 1. The Hall–Kier alpha value is -2.18. The lowest BCUT2D eigenvalue weighted by atomic mass is 10.2.